The minimum Gasteiger partial charge on any atom is -0.382 e. The van der Waals surface area contributed by atoms with Crippen molar-refractivity contribution in [3.63, 3.8) is 0 Å². The molecule has 1 aliphatic carbocycles. The van der Waals surface area contributed by atoms with E-state index in [0.717, 1.165) is 11.6 Å². The number of rotatable bonds is 4. The molecule has 0 spiro atoms. The Hall–Kier alpha value is -1.03. The fraction of sp³-hybridized carbons (Fsp3) is 0.625. The van der Waals surface area contributed by atoms with Crippen molar-refractivity contribution >= 4 is 15.5 Å². The maximum atomic E-state index is 11.8. The zero-order chi connectivity index (χ0) is 14.8. The van der Waals surface area contributed by atoms with Gasteiger partial charge < -0.3 is 5.32 Å². The summed E-state index contributed by atoms with van der Waals surface area (Å²) in [5.74, 6) is 1.56. The van der Waals surface area contributed by atoms with Gasteiger partial charge in [0.1, 0.15) is 0 Å². The van der Waals surface area contributed by atoms with Crippen LogP contribution in [0.3, 0.4) is 0 Å². The summed E-state index contributed by atoms with van der Waals surface area (Å²) in [4.78, 5) is 0.413. The number of hydrogen-bond acceptors (Lipinski definition) is 3. The molecular formula is C16H25NO2S. The highest BCUT2D eigenvalue weighted by Gasteiger charge is 2.26. The zero-order valence-corrected chi connectivity index (χ0v) is 13.4. The molecule has 0 radical (unpaired) electrons. The van der Waals surface area contributed by atoms with Crippen LogP contribution in [0.1, 0.15) is 40.0 Å². The van der Waals surface area contributed by atoms with Crippen molar-refractivity contribution in [1.29, 1.82) is 0 Å². The van der Waals surface area contributed by atoms with Crippen LogP contribution in [-0.2, 0) is 9.84 Å². The maximum absolute atomic E-state index is 11.8. The van der Waals surface area contributed by atoms with E-state index in [4.69, 9.17) is 0 Å². The number of sulfone groups is 1. The molecule has 0 bridgehead atoms. The van der Waals surface area contributed by atoms with Crippen LogP contribution in [0.15, 0.2) is 29.2 Å². The first-order valence-corrected chi connectivity index (χ1v) is 9.18. The molecule has 0 aromatic heterocycles. The summed E-state index contributed by atoms with van der Waals surface area (Å²) in [5, 5.41) is 3.56. The van der Waals surface area contributed by atoms with Crippen molar-refractivity contribution in [2.24, 2.45) is 11.8 Å². The van der Waals surface area contributed by atoms with E-state index in [2.05, 4.69) is 19.2 Å². The van der Waals surface area contributed by atoms with E-state index in [-0.39, 0.29) is 5.75 Å². The van der Waals surface area contributed by atoms with E-state index < -0.39 is 9.84 Å². The summed E-state index contributed by atoms with van der Waals surface area (Å²) in [5.41, 5.74) is 1.02. The molecule has 0 aliphatic heterocycles. The molecule has 0 amide bonds. The monoisotopic (exact) mass is 295 g/mol. The van der Waals surface area contributed by atoms with Crippen LogP contribution in [0.25, 0.3) is 0 Å². The Balaban J connectivity index is 2.08. The molecule has 112 valence electrons. The summed E-state index contributed by atoms with van der Waals surface area (Å²) in [6.07, 6.45) is 3.78. The molecule has 1 aromatic rings. The van der Waals surface area contributed by atoms with E-state index in [1.807, 2.05) is 12.1 Å². The van der Waals surface area contributed by atoms with Gasteiger partial charge in [-0.25, -0.2) is 8.42 Å². The van der Waals surface area contributed by atoms with Crippen LogP contribution in [0, 0.1) is 11.8 Å². The van der Waals surface area contributed by atoms with Crippen molar-refractivity contribution in [1.82, 2.24) is 0 Å². The third-order valence-corrected chi connectivity index (χ3v) is 6.40. The number of anilines is 1. The Kier molecular flexibility index (Phi) is 4.74. The van der Waals surface area contributed by atoms with E-state index in [9.17, 15) is 8.42 Å². The van der Waals surface area contributed by atoms with Gasteiger partial charge in [0, 0.05) is 11.7 Å². The van der Waals surface area contributed by atoms with Gasteiger partial charge in [0.25, 0.3) is 0 Å². The first kappa shape index (κ1) is 15.4. The van der Waals surface area contributed by atoms with Crippen LogP contribution in [0.4, 0.5) is 5.69 Å². The molecule has 1 fully saturated rings. The van der Waals surface area contributed by atoms with Gasteiger partial charge in [-0.2, -0.15) is 0 Å². The lowest BCUT2D eigenvalue weighted by molar-refractivity contribution is 0.253. The molecule has 2 rings (SSSR count). The summed E-state index contributed by atoms with van der Waals surface area (Å²) in [6, 6.07) is 7.67. The largest absolute Gasteiger partial charge is 0.382 e. The fourth-order valence-electron chi connectivity index (χ4n) is 2.92. The number of hydrogen-bond donors (Lipinski definition) is 1. The normalized spacial score (nSPS) is 27.2. The Bertz CT molecular complexity index is 536. The SMILES string of the molecule is CCS(=O)(=O)c1ccc(NC2CCCC(C)C2C)cc1. The highest BCUT2D eigenvalue weighted by molar-refractivity contribution is 7.91. The first-order chi connectivity index (χ1) is 9.44. The maximum Gasteiger partial charge on any atom is 0.178 e. The molecule has 0 heterocycles. The topological polar surface area (TPSA) is 46.2 Å². The predicted molar refractivity (Wildman–Crippen MR) is 83.8 cm³/mol. The predicted octanol–water partition coefficient (Wildman–Crippen LogP) is 3.72. The van der Waals surface area contributed by atoms with Gasteiger partial charge in [-0.05, 0) is 42.5 Å². The van der Waals surface area contributed by atoms with Gasteiger partial charge in [-0.1, -0.05) is 33.6 Å². The van der Waals surface area contributed by atoms with E-state index in [0.29, 0.717) is 16.9 Å². The number of nitrogens with one attached hydrogen (secondary N) is 1. The molecular weight excluding hydrogens is 270 g/mol. The lowest BCUT2D eigenvalue weighted by Gasteiger charge is -2.35. The minimum atomic E-state index is -3.10. The molecule has 1 saturated carbocycles. The summed E-state index contributed by atoms with van der Waals surface area (Å²) < 4.78 is 23.6. The average Bonchev–Trinajstić information content (AvgIpc) is 2.44. The second kappa shape index (κ2) is 6.17. The molecule has 3 nitrogen and oxygen atoms in total. The standard InChI is InChI=1S/C16H25NO2S/c1-4-20(18,19)15-10-8-14(9-11-15)17-16-7-5-6-12(2)13(16)3/h8-13,16-17H,4-7H2,1-3H3. The third-order valence-electron chi connectivity index (χ3n) is 4.65. The van der Waals surface area contributed by atoms with Crippen LogP contribution in [0.5, 0.6) is 0 Å². The first-order valence-electron chi connectivity index (χ1n) is 7.53. The van der Waals surface area contributed by atoms with Crippen LogP contribution in [-0.4, -0.2) is 20.2 Å². The van der Waals surface area contributed by atoms with Crippen molar-refractivity contribution in [2.75, 3.05) is 11.1 Å². The third kappa shape index (κ3) is 3.35. The fourth-order valence-corrected chi connectivity index (χ4v) is 3.81. The van der Waals surface area contributed by atoms with Crippen molar-refractivity contribution in [3.8, 4) is 0 Å². The highest BCUT2D eigenvalue weighted by atomic mass is 32.2. The zero-order valence-electron chi connectivity index (χ0n) is 12.6. The lowest BCUT2D eigenvalue weighted by atomic mass is 9.78. The summed E-state index contributed by atoms with van der Waals surface area (Å²) in [6.45, 7) is 6.29. The van der Waals surface area contributed by atoms with E-state index in [1.165, 1.54) is 19.3 Å². The van der Waals surface area contributed by atoms with Crippen LogP contribution >= 0.6 is 0 Å². The Morgan fingerprint density at radius 1 is 1.15 bits per heavy atom. The van der Waals surface area contributed by atoms with Crippen LogP contribution < -0.4 is 5.32 Å². The average molecular weight is 295 g/mol. The summed E-state index contributed by atoms with van der Waals surface area (Å²) >= 11 is 0. The van der Waals surface area contributed by atoms with E-state index >= 15 is 0 Å². The molecule has 1 aromatic carbocycles. The van der Waals surface area contributed by atoms with Crippen LogP contribution in [0.2, 0.25) is 0 Å². The second-order valence-electron chi connectivity index (χ2n) is 5.95. The Morgan fingerprint density at radius 3 is 2.40 bits per heavy atom. The van der Waals surface area contributed by atoms with Gasteiger partial charge >= 0.3 is 0 Å². The Morgan fingerprint density at radius 2 is 1.80 bits per heavy atom. The molecule has 1 aliphatic rings. The smallest absolute Gasteiger partial charge is 0.178 e. The summed E-state index contributed by atoms with van der Waals surface area (Å²) in [7, 11) is -3.10. The van der Waals surface area contributed by atoms with Crippen molar-refractivity contribution in [2.45, 2.75) is 51.0 Å². The lowest BCUT2D eigenvalue weighted by Crippen LogP contribution is -2.34. The molecule has 3 atom stereocenters. The van der Waals surface area contributed by atoms with Gasteiger partial charge in [-0.3, -0.25) is 0 Å². The molecule has 4 heteroatoms. The second-order valence-corrected chi connectivity index (χ2v) is 8.22. The van der Waals surface area contributed by atoms with E-state index in [1.54, 1.807) is 19.1 Å². The molecule has 1 N–H and O–H groups in total. The van der Waals surface area contributed by atoms with Crippen molar-refractivity contribution in [3.05, 3.63) is 24.3 Å². The Labute approximate surface area is 122 Å². The van der Waals surface area contributed by atoms with Gasteiger partial charge in [0.05, 0.1) is 10.6 Å². The van der Waals surface area contributed by atoms with Gasteiger partial charge in [0.2, 0.25) is 0 Å². The minimum absolute atomic E-state index is 0.150. The quantitative estimate of drug-likeness (QED) is 0.921. The highest BCUT2D eigenvalue weighted by Crippen LogP contribution is 2.31. The van der Waals surface area contributed by atoms with Gasteiger partial charge in [0.15, 0.2) is 9.84 Å². The molecule has 20 heavy (non-hydrogen) atoms. The molecule has 0 saturated heterocycles. The van der Waals surface area contributed by atoms with Crippen molar-refractivity contribution < 1.29 is 8.42 Å². The number of benzene rings is 1. The van der Waals surface area contributed by atoms with Gasteiger partial charge in [-0.15, -0.1) is 0 Å². The molecule has 3 unspecified atom stereocenters.